The van der Waals surface area contributed by atoms with Gasteiger partial charge < -0.3 is 5.32 Å². The van der Waals surface area contributed by atoms with Crippen LogP contribution in [0.4, 0.5) is 5.82 Å². The molecule has 2 aromatic heterocycles. The fraction of sp³-hybridized carbons (Fsp3) is 0.357. The van der Waals surface area contributed by atoms with Crippen LogP contribution in [0.1, 0.15) is 36.8 Å². The Bertz CT molecular complexity index is 555. The fourth-order valence-electron chi connectivity index (χ4n) is 1.83. The van der Waals surface area contributed by atoms with Gasteiger partial charge in [0.1, 0.15) is 11.6 Å². The molecule has 0 aliphatic heterocycles. The molecule has 2 heterocycles. The number of halogens is 1. The zero-order chi connectivity index (χ0) is 13.8. The second-order valence-electron chi connectivity index (χ2n) is 4.63. The van der Waals surface area contributed by atoms with E-state index in [1.54, 1.807) is 6.20 Å². The van der Waals surface area contributed by atoms with E-state index in [0.717, 1.165) is 27.4 Å². The molecule has 0 aliphatic rings. The van der Waals surface area contributed by atoms with Crippen molar-refractivity contribution in [1.29, 1.82) is 0 Å². The average molecular weight is 321 g/mol. The van der Waals surface area contributed by atoms with Gasteiger partial charge in [-0.05, 0) is 33.5 Å². The highest BCUT2D eigenvalue weighted by Crippen LogP contribution is 2.28. The summed E-state index contributed by atoms with van der Waals surface area (Å²) in [6.07, 6.45) is 4.31. The topological polar surface area (TPSA) is 50.7 Å². The second-order valence-corrected chi connectivity index (χ2v) is 5.42. The standard InChI is InChI=1S/C14H17BrN4/c1-9(2)13-12(15)14(16-3)19-11(18-13)7-10-5-4-6-17-8-10/h4-6,8-9H,7H2,1-3H3,(H,16,18,19). The number of aromatic nitrogens is 3. The lowest BCUT2D eigenvalue weighted by molar-refractivity contribution is 0.785. The third kappa shape index (κ3) is 3.29. The van der Waals surface area contributed by atoms with Crippen LogP contribution in [0.25, 0.3) is 0 Å². The molecule has 4 nitrogen and oxygen atoms in total. The molecule has 0 aliphatic carbocycles. The van der Waals surface area contributed by atoms with E-state index < -0.39 is 0 Å². The lowest BCUT2D eigenvalue weighted by atomic mass is 10.1. The van der Waals surface area contributed by atoms with Gasteiger partial charge in [0.15, 0.2) is 0 Å². The van der Waals surface area contributed by atoms with E-state index in [9.17, 15) is 0 Å². The van der Waals surface area contributed by atoms with Crippen molar-refractivity contribution in [3.8, 4) is 0 Å². The third-order valence-corrected chi connectivity index (χ3v) is 3.57. The third-order valence-electron chi connectivity index (χ3n) is 2.79. The molecule has 0 amide bonds. The van der Waals surface area contributed by atoms with E-state index in [1.807, 2.05) is 25.4 Å². The molecule has 0 fully saturated rings. The molecule has 2 aromatic rings. The number of pyridine rings is 1. The highest BCUT2D eigenvalue weighted by atomic mass is 79.9. The molecule has 0 aromatic carbocycles. The van der Waals surface area contributed by atoms with Crippen LogP contribution in [0.15, 0.2) is 29.0 Å². The molecule has 100 valence electrons. The quantitative estimate of drug-likeness (QED) is 0.938. The van der Waals surface area contributed by atoms with Crippen molar-refractivity contribution >= 4 is 21.7 Å². The summed E-state index contributed by atoms with van der Waals surface area (Å²) in [6, 6.07) is 3.96. The maximum atomic E-state index is 4.65. The molecule has 0 bridgehead atoms. The molecular formula is C14H17BrN4. The summed E-state index contributed by atoms with van der Waals surface area (Å²) in [7, 11) is 1.87. The number of nitrogens with one attached hydrogen (secondary N) is 1. The first-order valence-corrected chi connectivity index (χ1v) is 7.04. The molecule has 19 heavy (non-hydrogen) atoms. The molecule has 0 radical (unpaired) electrons. The largest absolute Gasteiger partial charge is 0.372 e. The van der Waals surface area contributed by atoms with Crippen molar-refractivity contribution in [2.75, 3.05) is 12.4 Å². The van der Waals surface area contributed by atoms with Crippen LogP contribution >= 0.6 is 15.9 Å². The van der Waals surface area contributed by atoms with Gasteiger partial charge in [-0.1, -0.05) is 19.9 Å². The van der Waals surface area contributed by atoms with Crippen LogP contribution in [-0.4, -0.2) is 22.0 Å². The Morgan fingerprint density at radius 2 is 2.11 bits per heavy atom. The molecule has 0 spiro atoms. The van der Waals surface area contributed by atoms with Gasteiger partial charge in [-0.25, -0.2) is 9.97 Å². The highest BCUT2D eigenvalue weighted by molar-refractivity contribution is 9.10. The van der Waals surface area contributed by atoms with Gasteiger partial charge in [-0.3, -0.25) is 4.98 Å². The van der Waals surface area contributed by atoms with Crippen molar-refractivity contribution in [3.05, 3.63) is 46.1 Å². The zero-order valence-corrected chi connectivity index (χ0v) is 12.9. The summed E-state index contributed by atoms with van der Waals surface area (Å²) in [6.45, 7) is 4.25. The summed E-state index contributed by atoms with van der Waals surface area (Å²) >= 11 is 3.56. The first-order chi connectivity index (χ1) is 9.11. The molecular weight excluding hydrogens is 304 g/mol. The van der Waals surface area contributed by atoms with E-state index in [1.165, 1.54) is 0 Å². The Labute approximate surface area is 121 Å². The molecule has 1 N–H and O–H groups in total. The second kappa shape index (κ2) is 6.10. The van der Waals surface area contributed by atoms with Gasteiger partial charge in [0.05, 0.1) is 10.2 Å². The number of hydrogen-bond acceptors (Lipinski definition) is 4. The predicted molar refractivity (Wildman–Crippen MR) is 80.4 cm³/mol. The molecule has 0 atom stereocenters. The Balaban J connectivity index is 2.38. The Morgan fingerprint density at radius 3 is 2.68 bits per heavy atom. The number of hydrogen-bond donors (Lipinski definition) is 1. The van der Waals surface area contributed by atoms with Crippen LogP contribution in [-0.2, 0) is 6.42 Å². The van der Waals surface area contributed by atoms with Gasteiger partial charge in [-0.2, -0.15) is 0 Å². The predicted octanol–water partition coefficient (Wildman–Crippen LogP) is 3.39. The lowest BCUT2D eigenvalue weighted by Crippen LogP contribution is -2.07. The SMILES string of the molecule is CNc1nc(Cc2cccnc2)nc(C(C)C)c1Br. The van der Waals surface area contributed by atoms with E-state index in [0.29, 0.717) is 12.3 Å². The van der Waals surface area contributed by atoms with E-state index in [4.69, 9.17) is 0 Å². The monoisotopic (exact) mass is 320 g/mol. The normalized spacial score (nSPS) is 10.8. The van der Waals surface area contributed by atoms with Gasteiger partial charge in [0.2, 0.25) is 0 Å². The van der Waals surface area contributed by atoms with Crippen LogP contribution in [0.2, 0.25) is 0 Å². The van der Waals surface area contributed by atoms with Crippen LogP contribution in [0.3, 0.4) is 0 Å². The summed E-state index contributed by atoms with van der Waals surface area (Å²) in [5.41, 5.74) is 2.14. The zero-order valence-electron chi connectivity index (χ0n) is 11.3. The number of nitrogens with zero attached hydrogens (tertiary/aromatic N) is 3. The average Bonchev–Trinajstić information content (AvgIpc) is 2.41. The van der Waals surface area contributed by atoms with Gasteiger partial charge >= 0.3 is 0 Å². The summed E-state index contributed by atoms with van der Waals surface area (Å²) < 4.78 is 0.944. The lowest BCUT2D eigenvalue weighted by Gasteiger charge is -2.13. The van der Waals surface area contributed by atoms with Crippen molar-refractivity contribution in [3.63, 3.8) is 0 Å². The van der Waals surface area contributed by atoms with Crippen molar-refractivity contribution in [2.45, 2.75) is 26.2 Å². The number of rotatable bonds is 4. The van der Waals surface area contributed by atoms with Gasteiger partial charge in [0, 0.05) is 25.9 Å². The summed E-state index contributed by atoms with van der Waals surface area (Å²) in [4.78, 5) is 13.3. The van der Waals surface area contributed by atoms with Crippen LogP contribution in [0, 0.1) is 0 Å². The highest BCUT2D eigenvalue weighted by Gasteiger charge is 2.14. The number of anilines is 1. The van der Waals surface area contributed by atoms with Crippen molar-refractivity contribution in [1.82, 2.24) is 15.0 Å². The minimum Gasteiger partial charge on any atom is -0.372 e. The van der Waals surface area contributed by atoms with Crippen molar-refractivity contribution in [2.24, 2.45) is 0 Å². The molecule has 0 saturated heterocycles. The Morgan fingerprint density at radius 1 is 1.32 bits per heavy atom. The van der Waals surface area contributed by atoms with Gasteiger partial charge in [-0.15, -0.1) is 0 Å². The maximum absolute atomic E-state index is 4.65. The first-order valence-electron chi connectivity index (χ1n) is 6.24. The van der Waals surface area contributed by atoms with E-state index in [2.05, 4.69) is 50.0 Å². The summed E-state index contributed by atoms with van der Waals surface area (Å²) in [5.74, 6) is 1.99. The van der Waals surface area contributed by atoms with Crippen LogP contribution in [0.5, 0.6) is 0 Å². The molecule has 0 unspecified atom stereocenters. The Hall–Kier alpha value is -1.49. The minimum atomic E-state index is 0.345. The van der Waals surface area contributed by atoms with Crippen molar-refractivity contribution < 1.29 is 0 Å². The van der Waals surface area contributed by atoms with E-state index in [-0.39, 0.29) is 0 Å². The smallest absolute Gasteiger partial charge is 0.144 e. The van der Waals surface area contributed by atoms with Crippen LogP contribution < -0.4 is 5.32 Å². The fourth-order valence-corrected chi connectivity index (χ4v) is 2.66. The summed E-state index contributed by atoms with van der Waals surface area (Å²) in [5, 5.41) is 3.10. The molecule has 2 rings (SSSR count). The van der Waals surface area contributed by atoms with Gasteiger partial charge in [0.25, 0.3) is 0 Å². The molecule has 5 heteroatoms. The Kier molecular flexibility index (Phi) is 4.47. The minimum absolute atomic E-state index is 0.345. The first kappa shape index (κ1) is 13.9. The maximum Gasteiger partial charge on any atom is 0.144 e. The molecule has 0 saturated carbocycles. The van der Waals surface area contributed by atoms with E-state index >= 15 is 0 Å².